The second-order valence-corrected chi connectivity index (χ2v) is 5.87. The predicted octanol–water partition coefficient (Wildman–Crippen LogP) is 0.0894. The molecule has 2 heterocycles. The molecule has 7 heteroatoms. The highest BCUT2D eigenvalue weighted by atomic mass is 16.5. The SMILES string of the molecule is CN1CCN(C(=O)c2cccc3c2OCCC(C(N)=O)O3)CC1. The second kappa shape index (κ2) is 6.45. The molecule has 1 aromatic carbocycles. The van der Waals surface area contributed by atoms with Crippen LogP contribution in [-0.2, 0) is 4.79 Å². The van der Waals surface area contributed by atoms with Crippen LogP contribution >= 0.6 is 0 Å². The van der Waals surface area contributed by atoms with Gasteiger partial charge < -0.3 is 25.0 Å². The molecule has 0 radical (unpaired) electrons. The summed E-state index contributed by atoms with van der Waals surface area (Å²) in [5.41, 5.74) is 5.79. The van der Waals surface area contributed by atoms with Gasteiger partial charge in [0.1, 0.15) is 0 Å². The number of primary amides is 1. The number of nitrogens with zero attached hydrogens (tertiary/aromatic N) is 2. The third kappa shape index (κ3) is 3.24. The fourth-order valence-corrected chi connectivity index (χ4v) is 2.79. The summed E-state index contributed by atoms with van der Waals surface area (Å²) in [4.78, 5) is 28.2. The van der Waals surface area contributed by atoms with Crippen LogP contribution in [0.5, 0.6) is 11.5 Å². The van der Waals surface area contributed by atoms with Gasteiger partial charge in [0.2, 0.25) is 0 Å². The first-order chi connectivity index (χ1) is 11.1. The van der Waals surface area contributed by atoms with Crippen LogP contribution in [0.25, 0.3) is 0 Å². The third-order valence-corrected chi connectivity index (χ3v) is 4.21. The van der Waals surface area contributed by atoms with E-state index >= 15 is 0 Å². The summed E-state index contributed by atoms with van der Waals surface area (Å²) in [5.74, 6) is 0.194. The third-order valence-electron chi connectivity index (χ3n) is 4.21. The highest BCUT2D eigenvalue weighted by Gasteiger charge is 2.29. The van der Waals surface area contributed by atoms with Crippen molar-refractivity contribution in [3.05, 3.63) is 23.8 Å². The van der Waals surface area contributed by atoms with Gasteiger partial charge in [0.25, 0.3) is 11.8 Å². The molecule has 7 nitrogen and oxygen atoms in total. The number of hydrogen-bond donors (Lipinski definition) is 1. The van der Waals surface area contributed by atoms with Crippen LogP contribution in [0, 0.1) is 0 Å². The number of para-hydroxylation sites is 1. The number of rotatable bonds is 2. The molecule has 0 aromatic heterocycles. The number of fused-ring (bicyclic) bond motifs is 1. The van der Waals surface area contributed by atoms with Gasteiger partial charge in [-0.25, -0.2) is 0 Å². The van der Waals surface area contributed by atoms with Crippen molar-refractivity contribution in [2.45, 2.75) is 12.5 Å². The zero-order chi connectivity index (χ0) is 16.4. The summed E-state index contributed by atoms with van der Waals surface area (Å²) < 4.78 is 11.3. The maximum Gasteiger partial charge on any atom is 0.258 e. The van der Waals surface area contributed by atoms with Crippen molar-refractivity contribution >= 4 is 11.8 Å². The molecule has 0 aliphatic carbocycles. The molecule has 0 bridgehead atoms. The Kier molecular flexibility index (Phi) is 4.38. The zero-order valence-corrected chi connectivity index (χ0v) is 13.2. The Morgan fingerprint density at radius 3 is 2.65 bits per heavy atom. The van der Waals surface area contributed by atoms with Crippen molar-refractivity contribution in [2.75, 3.05) is 39.8 Å². The fourth-order valence-electron chi connectivity index (χ4n) is 2.79. The predicted molar refractivity (Wildman–Crippen MR) is 83.6 cm³/mol. The van der Waals surface area contributed by atoms with Crippen LogP contribution in [0.1, 0.15) is 16.8 Å². The molecule has 0 saturated carbocycles. The summed E-state index contributed by atoms with van der Waals surface area (Å²) in [5, 5.41) is 0. The number of ether oxygens (including phenoxy) is 2. The molecular weight excluding hydrogens is 298 g/mol. The number of benzene rings is 1. The lowest BCUT2D eigenvalue weighted by atomic mass is 10.1. The molecular formula is C16H21N3O4. The first kappa shape index (κ1) is 15.6. The lowest BCUT2D eigenvalue weighted by Crippen LogP contribution is -2.47. The highest BCUT2D eigenvalue weighted by molar-refractivity contribution is 5.98. The maximum atomic E-state index is 12.8. The number of piperazine rings is 1. The van der Waals surface area contributed by atoms with Crippen LogP contribution in [0.3, 0.4) is 0 Å². The van der Waals surface area contributed by atoms with Crippen LogP contribution in [0.2, 0.25) is 0 Å². The fraction of sp³-hybridized carbons (Fsp3) is 0.500. The minimum atomic E-state index is -0.731. The van der Waals surface area contributed by atoms with E-state index in [-0.39, 0.29) is 12.5 Å². The van der Waals surface area contributed by atoms with Crippen molar-refractivity contribution in [1.82, 2.24) is 9.80 Å². The quantitative estimate of drug-likeness (QED) is 0.835. The molecule has 1 atom stereocenters. The number of likely N-dealkylation sites (N-methyl/N-ethyl adjacent to an activating group) is 1. The van der Waals surface area contributed by atoms with E-state index in [0.29, 0.717) is 36.6 Å². The van der Waals surface area contributed by atoms with Crippen LogP contribution < -0.4 is 15.2 Å². The first-order valence-corrected chi connectivity index (χ1v) is 7.76. The Bertz CT molecular complexity index is 611. The lowest BCUT2D eigenvalue weighted by molar-refractivity contribution is -0.124. The zero-order valence-electron chi connectivity index (χ0n) is 13.2. The van der Waals surface area contributed by atoms with Crippen LogP contribution in [-0.4, -0.2) is 67.6 Å². The van der Waals surface area contributed by atoms with Gasteiger partial charge >= 0.3 is 0 Å². The minimum Gasteiger partial charge on any atom is -0.489 e. The summed E-state index contributed by atoms with van der Waals surface area (Å²) in [6, 6.07) is 5.15. The highest BCUT2D eigenvalue weighted by Crippen LogP contribution is 2.35. The van der Waals surface area contributed by atoms with Crippen LogP contribution in [0.4, 0.5) is 0 Å². The Morgan fingerprint density at radius 1 is 1.22 bits per heavy atom. The summed E-state index contributed by atoms with van der Waals surface area (Å²) in [7, 11) is 2.04. The van der Waals surface area contributed by atoms with Gasteiger partial charge in [-0.05, 0) is 19.2 Å². The smallest absolute Gasteiger partial charge is 0.258 e. The molecule has 1 fully saturated rings. The van der Waals surface area contributed by atoms with Gasteiger partial charge in [-0.3, -0.25) is 9.59 Å². The number of carbonyl (C=O) groups excluding carboxylic acids is 2. The number of nitrogens with two attached hydrogens (primary N) is 1. The van der Waals surface area contributed by atoms with E-state index in [1.165, 1.54) is 0 Å². The van der Waals surface area contributed by atoms with Crippen molar-refractivity contribution in [3.63, 3.8) is 0 Å². The number of carbonyl (C=O) groups is 2. The largest absolute Gasteiger partial charge is 0.489 e. The number of amides is 2. The Morgan fingerprint density at radius 2 is 1.96 bits per heavy atom. The van der Waals surface area contributed by atoms with Crippen LogP contribution in [0.15, 0.2) is 18.2 Å². The van der Waals surface area contributed by atoms with Gasteiger partial charge in [-0.1, -0.05) is 6.07 Å². The average Bonchev–Trinajstić information content (AvgIpc) is 2.77. The summed E-state index contributed by atoms with van der Waals surface area (Å²) >= 11 is 0. The Labute approximate surface area is 134 Å². The van der Waals surface area contributed by atoms with Gasteiger partial charge in [-0.2, -0.15) is 0 Å². The molecule has 2 aliphatic heterocycles. The van der Waals surface area contributed by atoms with E-state index in [4.69, 9.17) is 15.2 Å². The van der Waals surface area contributed by atoms with Crippen molar-refractivity contribution in [1.29, 1.82) is 0 Å². The van der Waals surface area contributed by atoms with E-state index in [2.05, 4.69) is 4.90 Å². The van der Waals surface area contributed by atoms with Gasteiger partial charge in [0, 0.05) is 32.6 Å². The topological polar surface area (TPSA) is 85.1 Å². The molecule has 3 rings (SSSR count). The molecule has 1 unspecified atom stereocenters. The minimum absolute atomic E-state index is 0.0731. The van der Waals surface area contributed by atoms with Gasteiger partial charge in [0.15, 0.2) is 17.6 Å². The molecule has 2 aliphatic rings. The molecule has 1 aromatic rings. The van der Waals surface area contributed by atoms with E-state index in [0.717, 1.165) is 13.1 Å². The molecule has 1 saturated heterocycles. The molecule has 2 N–H and O–H groups in total. The van der Waals surface area contributed by atoms with Crippen molar-refractivity contribution in [2.24, 2.45) is 5.73 Å². The number of hydrogen-bond acceptors (Lipinski definition) is 5. The molecule has 2 amide bonds. The first-order valence-electron chi connectivity index (χ1n) is 7.76. The average molecular weight is 319 g/mol. The molecule has 0 spiro atoms. The van der Waals surface area contributed by atoms with Crippen molar-refractivity contribution in [3.8, 4) is 11.5 Å². The lowest BCUT2D eigenvalue weighted by Gasteiger charge is -2.32. The van der Waals surface area contributed by atoms with Gasteiger partial charge in [0.05, 0.1) is 12.2 Å². The van der Waals surface area contributed by atoms with E-state index in [1.807, 2.05) is 11.9 Å². The Hall–Kier alpha value is -2.28. The molecule has 23 heavy (non-hydrogen) atoms. The molecule has 124 valence electrons. The van der Waals surface area contributed by atoms with E-state index < -0.39 is 12.0 Å². The normalized spacial score (nSPS) is 21.6. The van der Waals surface area contributed by atoms with Gasteiger partial charge in [-0.15, -0.1) is 0 Å². The standard InChI is InChI=1S/C16H21N3O4/c1-18-6-8-19(9-7-18)16(21)11-3-2-4-12-14(11)22-10-5-13(23-12)15(17)20/h2-4,13H,5-10H2,1H3,(H2,17,20). The summed E-state index contributed by atoms with van der Waals surface area (Å²) in [6.45, 7) is 3.35. The monoisotopic (exact) mass is 319 g/mol. The van der Waals surface area contributed by atoms with Crippen molar-refractivity contribution < 1.29 is 19.1 Å². The van der Waals surface area contributed by atoms with E-state index in [9.17, 15) is 9.59 Å². The van der Waals surface area contributed by atoms with E-state index in [1.54, 1.807) is 18.2 Å². The summed E-state index contributed by atoms with van der Waals surface area (Å²) in [6.07, 6.45) is -0.364. The maximum absolute atomic E-state index is 12.8. The second-order valence-electron chi connectivity index (χ2n) is 5.87. The Balaban J connectivity index is 1.85.